The number of hydrogen-bond acceptors (Lipinski definition) is 5. The maximum absolute atomic E-state index is 15.4. The van der Waals surface area contributed by atoms with E-state index in [1.165, 1.54) is 6.07 Å². The lowest BCUT2D eigenvalue weighted by molar-refractivity contribution is -0.0310. The Kier molecular flexibility index (Phi) is 6.80. The molecule has 2 fully saturated rings. The number of carbonyl (C=O) groups excluding carboxylic acids is 1. The van der Waals surface area contributed by atoms with Crippen molar-refractivity contribution >= 4 is 30.3 Å². The molecule has 2 saturated heterocycles. The highest BCUT2D eigenvalue weighted by atomic mass is 35.5. The summed E-state index contributed by atoms with van der Waals surface area (Å²) in [7, 11) is -0.880. The molecule has 9 heteroatoms. The van der Waals surface area contributed by atoms with Gasteiger partial charge in [0.05, 0.1) is 22.3 Å². The molecule has 0 saturated carbocycles. The molecule has 210 valence electrons. The van der Waals surface area contributed by atoms with Gasteiger partial charge in [0.25, 0.3) is 0 Å². The van der Waals surface area contributed by atoms with Gasteiger partial charge in [-0.1, -0.05) is 48.9 Å². The van der Waals surface area contributed by atoms with Gasteiger partial charge in [0, 0.05) is 29.6 Å². The molecule has 0 spiro atoms. The van der Waals surface area contributed by atoms with Crippen LogP contribution in [0.3, 0.4) is 0 Å². The van der Waals surface area contributed by atoms with Gasteiger partial charge >= 0.3 is 13.2 Å². The molecular formula is C30H38BClFNO5. The van der Waals surface area contributed by atoms with E-state index in [2.05, 4.69) is 0 Å². The van der Waals surface area contributed by atoms with Crippen LogP contribution in [0.1, 0.15) is 85.3 Å². The minimum Gasteiger partial charge on any atom is -0.479 e. The van der Waals surface area contributed by atoms with E-state index in [0.29, 0.717) is 24.2 Å². The third-order valence-corrected chi connectivity index (χ3v) is 9.09. The Morgan fingerprint density at radius 2 is 1.74 bits per heavy atom. The minimum absolute atomic E-state index is 0.0398. The molecule has 0 aliphatic carbocycles. The van der Waals surface area contributed by atoms with Crippen molar-refractivity contribution in [1.29, 1.82) is 0 Å². The van der Waals surface area contributed by atoms with Gasteiger partial charge in [-0.15, -0.1) is 0 Å². The SMILES string of the molecule is C[C@H]1c2c(cc(F)c(Cl)c2B2OC(C)(C)C(C)(C)O2)O[C@@]1(c1ccccc1)[C@@H]1CCCN1C(=O)OC(C)(C)C. The third kappa shape index (κ3) is 4.53. The zero-order valence-corrected chi connectivity index (χ0v) is 24.8. The van der Waals surface area contributed by atoms with Crippen molar-refractivity contribution in [1.82, 2.24) is 4.90 Å². The first kappa shape index (κ1) is 28.3. The number of likely N-dealkylation sites (tertiary alicyclic amines) is 1. The van der Waals surface area contributed by atoms with E-state index in [1.54, 1.807) is 4.90 Å². The van der Waals surface area contributed by atoms with Crippen LogP contribution in [-0.2, 0) is 19.6 Å². The lowest BCUT2D eigenvalue weighted by atomic mass is 9.67. The Morgan fingerprint density at radius 3 is 2.33 bits per heavy atom. The zero-order valence-electron chi connectivity index (χ0n) is 24.1. The van der Waals surface area contributed by atoms with Crippen LogP contribution in [-0.4, -0.2) is 47.5 Å². The number of carbonyl (C=O) groups is 1. The molecule has 0 unspecified atom stereocenters. The van der Waals surface area contributed by atoms with Crippen LogP contribution >= 0.6 is 11.6 Å². The maximum Gasteiger partial charge on any atom is 0.496 e. The normalized spacial score (nSPS) is 27.4. The van der Waals surface area contributed by atoms with Crippen molar-refractivity contribution in [2.24, 2.45) is 0 Å². The van der Waals surface area contributed by atoms with Crippen LogP contribution in [0.4, 0.5) is 9.18 Å². The predicted molar refractivity (Wildman–Crippen MR) is 150 cm³/mol. The highest BCUT2D eigenvalue weighted by Gasteiger charge is 2.60. The highest BCUT2D eigenvalue weighted by Crippen LogP contribution is 2.56. The van der Waals surface area contributed by atoms with Gasteiger partial charge < -0.3 is 23.7 Å². The summed E-state index contributed by atoms with van der Waals surface area (Å²) in [6.07, 6.45) is 1.11. The Balaban J connectivity index is 1.66. The number of nitrogens with zero attached hydrogens (tertiary/aromatic N) is 1. The molecule has 0 bridgehead atoms. The molecule has 0 N–H and O–H groups in total. The van der Waals surface area contributed by atoms with Crippen molar-refractivity contribution in [3.05, 3.63) is 58.4 Å². The van der Waals surface area contributed by atoms with Gasteiger partial charge in [-0.3, -0.25) is 0 Å². The highest BCUT2D eigenvalue weighted by molar-refractivity contribution is 6.66. The van der Waals surface area contributed by atoms with Crippen LogP contribution in [0.2, 0.25) is 5.02 Å². The summed E-state index contributed by atoms with van der Waals surface area (Å²) in [6, 6.07) is 10.8. The first-order valence-corrected chi connectivity index (χ1v) is 14.1. The molecule has 5 rings (SSSR count). The maximum atomic E-state index is 15.4. The summed E-state index contributed by atoms with van der Waals surface area (Å²) in [4.78, 5) is 15.2. The van der Waals surface area contributed by atoms with Crippen molar-refractivity contribution in [3.63, 3.8) is 0 Å². The van der Waals surface area contributed by atoms with Gasteiger partial charge in [0.1, 0.15) is 17.2 Å². The molecular weight excluding hydrogens is 520 g/mol. The van der Waals surface area contributed by atoms with Crippen LogP contribution in [0.15, 0.2) is 36.4 Å². The molecule has 3 aliphatic rings. The molecule has 2 aromatic carbocycles. The Morgan fingerprint density at radius 1 is 1.13 bits per heavy atom. The van der Waals surface area contributed by atoms with E-state index < -0.39 is 35.3 Å². The van der Waals surface area contributed by atoms with Crippen molar-refractivity contribution in [2.45, 2.75) is 103 Å². The third-order valence-electron chi connectivity index (χ3n) is 8.70. The standard InChI is InChI=1S/C30H38BClFNO5/c1-18-23-21(17-20(33)25(32)24(23)31-38-28(5,6)29(7,8)39-31)36-30(18,19-13-10-9-11-14-19)22-15-12-16-34(22)26(35)37-27(2,3)4/h9-11,13-14,17-18,22H,12,15-16H2,1-8H3/t18-,22-,30-/m0/s1. The molecule has 3 heterocycles. The fourth-order valence-electron chi connectivity index (χ4n) is 6.15. The second kappa shape index (κ2) is 9.39. The van der Waals surface area contributed by atoms with Crippen molar-refractivity contribution < 1.29 is 28.0 Å². The molecule has 39 heavy (non-hydrogen) atoms. The van der Waals surface area contributed by atoms with Gasteiger partial charge in [0.15, 0.2) is 5.60 Å². The largest absolute Gasteiger partial charge is 0.496 e. The first-order valence-electron chi connectivity index (χ1n) is 13.7. The van der Waals surface area contributed by atoms with E-state index in [4.69, 9.17) is 30.4 Å². The van der Waals surface area contributed by atoms with E-state index in [0.717, 1.165) is 17.5 Å². The molecule has 6 nitrogen and oxygen atoms in total. The van der Waals surface area contributed by atoms with Crippen molar-refractivity contribution in [2.75, 3.05) is 6.54 Å². The lowest BCUT2D eigenvalue weighted by Gasteiger charge is -2.43. The predicted octanol–water partition coefficient (Wildman–Crippen LogP) is 6.57. The number of hydrogen-bond donors (Lipinski definition) is 0. The Labute approximate surface area is 236 Å². The van der Waals surface area contributed by atoms with Gasteiger partial charge in [-0.25, -0.2) is 9.18 Å². The molecule has 1 amide bonds. The average molecular weight is 558 g/mol. The summed E-state index contributed by atoms with van der Waals surface area (Å²) in [6.45, 7) is 16.0. The number of halogens is 2. The Hall–Kier alpha value is -2.29. The monoisotopic (exact) mass is 557 g/mol. The van der Waals surface area contributed by atoms with Crippen molar-refractivity contribution in [3.8, 4) is 5.75 Å². The molecule has 2 aromatic rings. The van der Waals surface area contributed by atoms with Crippen LogP contribution < -0.4 is 10.2 Å². The minimum atomic E-state index is -1.01. The van der Waals surface area contributed by atoms with E-state index in [9.17, 15) is 4.79 Å². The summed E-state index contributed by atoms with van der Waals surface area (Å²) < 4.78 is 40.8. The summed E-state index contributed by atoms with van der Waals surface area (Å²) in [5.74, 6) is -0.546. The van der Waals surface area contributed by atoms with E-state index in [1.807, 2.05) is 85.7 Å². The summed E-state index contributed by atoms with van der Waals surface area (Å²) >= 11 is 6.68. The van der Waals surface area contributed by atoms with Crippen LogP contribution in [0.5, 0.6) is 5.75 Å². The first-order chi connectivity index (χ1) is 18.1. The quantitative estimate of drug-likeness (QED) is 0.400. The van der Waals surface area contributed by atoms with E-state index >= 15 is 4.39 Å². The number of ether oxygens (including phenoxy) is 2. The smallest absolute Gasteiger partial charge is 0.479 e. The summed E-state index contributed by atoms with van der Waals surface area (Å²) in [5.41, 5.74) is -0.859. The van der Waals surface area contributed by atoms with Crippen LogP contribution in [0.25, 0.3) is 0 Å². The van der Waals surface area contributed by atoms with Gasteiger partial charge in [0.2, 0.25) is 0 Å². The number of rotatable bonds is 3. The molecule has 3 atom stereocenters. The Bertz CT molecular complexity index is 1260. The second-order valence-electron chi connectivity index (χ2n) is 12.9. The van der Waals surface area contributed by atoms with Gasteiger partial charge in [-0.05, 0) is 66.9 Å². The summed E-state index contributed by atoms with van der Waals surface area (Å²) in [5, 5.41) is -0.0398. The average Bonchev–Trinajstić information content (AvgIpc) is 3.48. The molecule has 3 aliphatic heterocycles. The number of benzene rings is 2. The number of amides is 1. The fraction of sp³-hybridized carbons (Fsp3) is 0.567. The topological polar surface area (TPSA) is 57.2 Å². The fourth-order valence-corrected chi connectivity index (χ4v) is 6.40. The van der Waals surface area contributed by atoms with Gasteiger partial charge in [-0.2, -0.15) is 0 Å². The van der Waals surface area contributed by atoms with Crippen LogP contribution in [0, 0.1) is 5.82 Å². The second-order valence-corrected chi connectivity index (χ2v) is 13.3. The zero-order chi connectivity index (χ0) is 28.5. The van der Waals surface area contributed by atoms with E-state index in [-0.39, 0.29) is 23.1 Å². The molecule has 0 radical (unpaired) electrons. The molecule has 0 aromatic heterocycles. The number of fused-ring (bicyclic) bond motifs is 1. The lowest BCUT2D eigenvalue weighted by Crippen LogP contribution is -2.54.